The average molecular weight is 588 g/mol. The summed E-state index contributed by atoms with van der Waals surface area (Å²) in [6, 6.07) is 11.7. The standard InChI is InChI=1S/C31H33N5O7/c37-27-17-16-26(30(40)33-27)36-20-25-22(7-5-9-24(25)31(36)41)8-6-18-43-23-14-12-21(13-15-23)19-32-34-28(38)10-3-1-2-4-11-29(39)35-42/h5,7,9,12-15,19,26,42H,1-4,10-11,16-18,20H2,(H,34,38)(H,35,39)(H,33,37,40)/b32-19+. The second kappa shape index (κ2) is 15.3. The Morgan fingerprint density at radius 3 is 2.51 bits per heavy atom. The van der Waals surface area contributed by atoms with Gasteiger partial charge in [-0.25, -0.2) is 10.9 Å². The number of hydrazone groups is 1. The molecule has 0 aliphatic carbocycles. The molecule has 2 aromatic carbocycles. The van der Waals surface area contributed by atoms with Crippen LogP contribution in [0.1, 0.15) is 78.4 Å². The van der Waals surface area contributed by atoms with E-state index < -0.39 is 17.9 Å². The van der Waals surface area contributed by atoms with E-state index in [4.69, 9.17) is 9.94 Å². The van der Waals surface area contributed by atoms with E-state index in [0.717, 1.165) is 24.0 Å². The maximum atomic E-state index is 13.0. The van der Waals surface area contributed by atoms with Crippen molar-refractivity contribution in [2.45, 2.75) is 64.0 Å². The maximum absolute atomic E-state index is 13.0. The third-order valence-electron chi connectivity index (χ3n) is 7.08. The van der Waals surface area contributed by atoms with E-state index in [-0.39, 0.29) is 43.7 Å². The molecule has 12 nitrogen and oxygen atoms in total. The first kappa shape index (κ1) is 30.9. The molecule has 0 spiro atoms. The first-order valence-corrected chi connectivity index (χ1v) is 14.1. The van der Waals surface area contributed by atoms with Crippen LogP contribution in [0.3, 0.4) is 0 Å². The molecule has 4 N–H and O–H groups in total. The summed E-state index contributed by atoms with van der Waals surface area (Å²) in [6.07, 6.45) is 5.56. The Labute approximate surface area is 248 Å². The molecule has 1 saturated heterocycles. The Bertz CT molecular complexity index is 1460. The van der Waals surface area contributed by atoms with Crippen LogP contribution in [0.25, 0.3) is 0 Å². The van der Waals surface area contributed by atoms with Crippen LogP contribution in [0.4, 0.5) is 0 Å². The third-order valence-corrected chi connectivity index (χ3v) is 7.08. The summed E-state index contributed by atoms with van der Waals surface area (Å²) in [5, 5.41) is 14.7. The van der Waals surface area contributed by atoms with Crippen molar-refractivity contribution in [1.29, 1.82) is 0 Å². The van der Waals surface area contributed by atoms with Gasteiger partial charge in [0.05, 0.1) is 6.21 Å². The largest absolute Gasteiger partial charge is 0.481 e. The maximum Gasteiger partial charge on any atom is 0.255 e. The number of benzene rings is 2. The lowest BCUT2D eigenvalue weighted by molar-refractivity contribution is -0.137. The highest BCUT2D eigenvalue weighted by molar-refractivity contribution is 6.05. The molecule has 4 rings (SSSR count). The van der Waals surface area contributed by atoms with Gasteiger partial charge in [-0.15, -0.1) is 0 Å². The van der Waals surface area contributed by atoms with Crippen LogP contribution in [0.15, 0.2) is 47.6 Å². The number of hydrogen-bond acceptors (Lipinski definition) is 8. The zero-order chi connectivity index (χ0) is 30.6. The van der Waals surface area contributed by atoms with Crippen LogP contribution in [-0.2, 0) is 25.7 Å². The lowest BCUT2D eigenvalue weighted by atomic mass is 10.0. The minimum Gasteiger partial charge on any atom is -0.481 e. The Hall–Kier alpha value is -5.02. The minimum absolute atomic E-state index is 0.118. The molecular weight excluding hydrogens is 554 g/mol. The first-order chi connectivity index (χ1) is 20.9. The van der Waals surface area contributed by atoms with Crippen molar-refractivity contribution >= 4 is 35.8 Å². The molecule has 1 atom stereocenters. The summed E-state index contributed by atoms with van der Waals surface area (Å²) in [5.74, 6) is 5.01. The monoisotopic (exact) mass is 587 g/mol. The van der Waals surface area contributed by atoms with Gasteiger partial charge in [0.15, 0.2) is 0 Å². The summed E-state index contributed by atoms with van der Waals surface area (Å²) < 4.78 is 5.71. The number of rotatable bonds is 12. The highest BCUT2D eigenvalue weighted by atomic mass is 16.5. The van der Waals surface area contributed by atoms with E-state index in [1.165, 1.54) is 11.1 Å². The molecule has 5 amide bonds. The number of hydroxylamine groups is 1. The predicted octanol–water partition coefficient (Wildman–Crippen LogP) is 2.17. The van der Waals surface area contributed by atoms with E-state index in [0.29, 0.717) is 42.6 Å². The van der Waals surface area contributed by atoms with E-state index in [2.05, 4.69) is 27.7 Å². The molecule has 0 aromatic heterocycles. The van der Waals surface area contributed by atoms with Gasteiger partial charge in [0, 0.05) is 36.9 Å². The Kier molecular flexibility index (Phi) is 11.0. The Balaban J connectivity index is 1.20. The van der Waals surface area contributed by atoms with Crippen LogP contribution >= 0.6 is 0 Å². The third kappa shape index (κ3) is 8.73. The quantitative estimate of drug-likeness (QED) is 0.0737. The fourth-order valence-electron chi connectivity index (χ4n) is 4.82. The normalized spacial score (nSPS) is 15.9. The SMILES string of the molecule is O=C(CCCCCCC(=O)N/N=C/c1ccc(OCC#Cc2cccc3c2CN(C2CCC(=O)NC2=O)C3=O)cc1)NO. The van der Waals surface area contributed by atoms with E-state index in [1.54, 1.807) is 41.9 Å². The predicted molar refractivity (Wildman–Crippen MR) is 155 cm³/mol. The van der Waals surface area contributed by atoms with Crippen LogP contribution in [0.5, 0.6) is 5.75 Å². The van der Waals surface area contributed by atoms with Crippen molar-refractivity contribution in [3.05, 3.63) is 64.7 Å². The molecule has 2 aromatic rings. The summed E-state index contributed by atoms with van der Waals surface area (Å²) in [4.78, 5) is 61.1. The molecule has 0 bridgehead atoms. The van der Waals surface area contributed by atoms with Gasteiger partial charge in [-0.05, 0) is 66.8 Å². The van der Waals surface area contributed by atoms with Gasteiger partial charge >= 0.3 is 0 Å². The number of carbonyl (C=O) groups excluding carboxylic acids is 5. The van der Waals surface area contributed by atoms with Gasteiger partial charge in [-0.2, -0.15) is 5.10 Å². The number of unbranched alkanes of at least 4 members (excludes halogenated alkanes) is 3. The van der Waals surface area contributed by atoms with Crippen LogP contribution < -0.4 is 21.0 Å². The fraction of sp³-hybridized carbons (Fsp3) is 0.355. The topological polar surface area (TPSA) is 166 Å². The second-order valence-corrected chi connectivity index (χ2v) is 10.1. The number of hydrogen-bond donors (Lipinski definition) is 4. The first-order valence-electron chi connectivity index (χ1n) is 14.1. The molecule has 0 saturated carbocycles. The molecule has 43 heavy (non-hydrogen) atoms. The van der Waals surface area contributed by atoms with Gasteiger partial charge in [-0.1, -0.05) is 30.7 Å². The van der Waals surface area contributed by atoms with Gasteiger partial charge in [0.2, 0.25) is 23.6 Å². The lowest BCUT2D eigenvalue weighted by Crippen LogP contribution is -2.52. The number of amides is 5. The van der Waals surface area contributed by atoms with Gasteiger partial charge in [0.1, 0.15) is 18.4 Å². The molecule has 2 aliphatic rings. The molecule has 1 fully saturated rings. The number of fused-ring (bicyclic) bond motifs is 1. The number of ether oxygens (including phenoxy) is 1. The number of nitrogens with one attached hydrogen (secondary N) is 3. The fourth-order valence-corrected chi connectivity index (χ4v) is 4.82. The van der Waals surface area contributed by atoms with Crippen molar-refractivity contribution < 1.29 is 33.9 Å². The van der Waals surface area contributed by atoms with Crippen LogP contribution in [-0.4, -0.2) is 58.5 Å². The molecule has 224 valence electrons. The number of imide groups is 1. The average Bonchev–Trinajstić information content (AvgIpc) is 3.34. The van der Waals surface area contributed by atoms with Gasteiger partial charge < -0.3 is 9.64 Å². The Morgan fingerprint density at radius 2 is 1.79 bits per heavy atom. The van der Waals surface area contributed by atoms with Crippen molar-refractivity contribution in [3.63, 3.8) is 0 Å². The van der Waals surface area contributed by atoms with Crippen LogP contribution in [0.2, 0.25) is 0 Å². The van der Waals surface area contributed by atoms with Crippen molar-refractivity contribution in [3.8, 4) is 17.6 Å². The molecule has 2 heterocycles. The van der Waals surface area contributed by atoms with Crippen molar-refractivity contribution in [2.24, 2.45) is 5.10 Å². The molecule has 2 aliphatic heterocycles. The Morgan fingerprint density at radius 1 is 1.05 bits per heavy atom. The summed E-state index contributed by atoms with van der Waals surface area (Å²) in [7, 11) is 0. The molecular formula is C31H33N5O7. The second-order valence-electron chi connectivity index (χ2n) is 10.1. The number of carbonyl (C=O) groups is 5. The summed E-state index contributed by atoms with van der Waals surface area (Å²) >= 11 is 0. The number of nitrogens with zero attached hydrogens (tertiary/aromatic N) is 2. The zero-order valence-electron chi connectivity index (χ0n) is 23.6. The van der Waals surface area contributed by atoms with Gasteiger partial charge in [0.25, 0.3) is 5.91 Å². The number of piperidine rings is 1. The highest BCUT2D eigenvalue weighted by Crippen LogP contribution is 2.29. The highest BCUT2D eigenvalue weighted by Gasteiger charge is 2.39. The van der Waals surface area contributed by atoms with Crippen molar-refractivity contribution in [2.75, 3.05) is 6.61 Å². The lowest BCUT2D eigenvalue weighted by Gasteiger charge is -2.29. The van der Waals surface area contributed by atoms with Crippen LogP contribution in [0, 0.1) is 11.8 Å². The molecule has 12 heteroatoms. The molecule has 0 radical (unpaired) electrons. The smallest absolute Gasteiger partial charge is 0.255 e. The molecule has 1 unspecified atom stereocenters. The van der Waals surface area contributed by atoms with E-state index in [9.17, 15) is 24.0 Å². The van der Waals surface area contributed by atoms with E-state index in [1.807, 2.05) is 6.07 Å². The van der Waals surface area contributed by atoms with Gasteiger partial charge in [-0.3, -0.25) is 34.5 Å². The summed E-state index contributed by atoms with van der Waals surface area (Å²) in [6.45, 7) is 0.371. The minimum atomic E-state index is -0.678. The zero-order valence-corrected chi connectivity index (χ0v) is 23.6. The van der Waals surface area contributed by atoms with E-state index >= 15 is 0 Å². The summed E-state index contributed by atoms with van der Waals surface area (Å²) in [5.41, 5.74) is 6.80. The van der Waals surface area contributed by atoms with Crippen molar-refractivity contribution in [1.82, 2.24) is 21.1 Å².